The number of hydrogen-bond donors (Lipinski definition) is 1. The summed E-state index contributed by atoms with van der Waals surface area (Å²) in [5.41, 5.74) is 2.30. The highest BCUT2D eigenvalue weighted by atomic mass is 16.3. The van der Waals surface area contributed by atoms with Gasteiger partial charge >= 0.3 is 0 Å². The molecule has 0 amide bonds. The molecule has 5 fully saturated rings. The Labute approximate surface area is 162 Å². The highest BCUT2D eigenvalue weighted by Crippen LogP contribution is 2.90. The molecular weight excluding hydrogens is 332 g/mol. The van der Waals surface area contributed by atoms with Crippen LogP contribution in [0.2, 0.25) is 0 Å². The average molecular weight is 365 g/mol. The van der Waals surface area contributed by atoms with E-state index in [0.29, 0.717) is 23.0 Å². The van der Waals surface area contributed by atoms with Crippen molar-refractivity contribution in [3.8, 4) is 0 Å². The van der Waals surface area contributed by atoms with Crippen molar-refractivity contribution in [1.29, 1.82) is 0 Å². The van der Waals surface area contributed by atoms with E-state index in [1.807, 2.05) is 6.08 Å². The summed E-state index contributed by atoms with van der Waals surface area (Å²) in [6.45, 7) is 4.94. The highest BCUT2D eigenvalue weighted by Gasteiger charge is 2.87. The molecular formula is C25H32O2. The summed E-state index contributed by atoms with van der Waals surface area (Å²) in [7, 11) is 0. The molecule has 2 spiro atoms. The molecule has 27 heavy (non-hydrogen) atoms. The normalized spacial score (nSPS) is 64.4. The molecule has 2 heteroatoms. The molecule has 5 saturated carbocycles. The third kappa shape index (κ3) is 1.48. The first-order chi connectivity index (χ1) is 13.0. The zero-order chi connectivity index (χ0) is 18.3. The maximum Gasteiger partial charge on any atom is 0.159 e. The molecule has 0 aromatic rings. The van der Waals surface area contributed by atoms with Gasteiger partial charge in [0.2, 0.25) is 0 Å². The van der Waals surface area contributed by atoms with Gasteiger partial charge in [0.25, 0.3) is 0 Å². The van der Waals surface area contributed by atoms with Crippen LogP contribution in [0.25, 0.3) is 0 Å². The Morgan fingerprint density at radius 3 is 2.85 bits per heavy atom. The molecule has 144 valence electrons. The Kier molecular flexibility index (Phi) is 2.74. The molecule has 7 aliphatic rings. The van der Waals surface area contributed by atoms with Crippen LogP contribution in [0.15, 0.2) is 23.8 Å². The van der Waals surface area contributed by atoms with Crippen LogP contribution >= 0.6 is 0 Å². The van der Waals surface area contributed by atoms with E-state index in [9.17, 15) is 9.90 Å². The lowest BCUT2D eigenvalue weighted by Gasteiger charge is -2.71. The lowest BCUT2D eigenvalue weighted by atomic mass is 9.32. The van der Waals surface area contributed by atoms with Crippen LogP contribution in [0.1, 0.15) is 52.4 Å². The van der Waals surface area contributed by atoms with E-state index >= 15 is 0 Å². The van der Waals surface area contributed by atoms with Gasteiger partial charge in [-0.3, -0.25) is 4.79 Å². The number of hydrogen-bond acceptors (Lipinski definition) is 2. The molecule has 7 rings (SSSR count). The van der Waals surface area contributed by atoms with Crippen LogP contribution in [-0.4, -0.2) is 17.0 Å². The SMILES string of the molecule is CC1CC2=CC(O)CCC2C2CCC34C(C5CC5C35C=CC(=O)[C@@H]5C4C)C12. The fourth-order valence-corrected chi connectivity index (χ4v) is 10.8. The third-order valence-corrected chi connectivity index (χ3v) is 11.2. The molecule has 0 aliphatic heterocycles. The smallest absolute Gasteiger partial charge is 0.159 e. The molecule has 0 aromatic heterocycles. The Morgan fingerprint density at radius 1 is 1.15 bits per heavy atom. The largest absolute Gasteiger partial charge is 0.389 e. The molecule has 0 radical (unpaired) electrons. The van der Waals surface area contributed by atoms with Crippen LogP contribution in [0.4, 0.5) is 0 Å². The predicted octanol–water partition coefficient (Wildman–Crippen LogP) is 4.39. The van der Waals surface area contributed by atoms with Crippen molar-refractivity contribution in [3.05, 3.63) is 23.8 Å². The third-order valence-electron chi connectivity index (χ3n) is 11.2. The molecule has 1 N–H and O–H groups in total. The summed E-state index contributed by atoms with van der Waals surface area (Å²) < 4.78 is 0. The summed E-state index contributed by atoms with van der Waals surface area (Å²) in [6.07, 6.45) is 13.9. The molecule has 0 bridgehead atoms. The van der Waals surface area contributed by atoms with Crippen molar-refractivity contribution in [1.82, 2.24) is 0 Å². The molecule has 12 atom stereocenters. The fraction of sp³-hybridized carbons (Fsp3) is 0.800. The lowest BCUT2D eigenvalue weighted by Crippen LogP contribution is -2.68. The number of aliphatic hydroxyl groups excluding tert-OH is 1. The van der Waals surface area contributed by atoms with Gasteiger partial charge in [-0.2, -0.15) is 0 Å². The molecule has 0 heterocycles. The van der Waals surface area contributed by atoms with Gasteiger partial charge in [-0.25, -0.2) is 0 Å². The molecule has 0 aromatic carbocycles. The van der Waals surface area contributed by atoms with Gasteiger partial charge in [-0.15, -0.1) is 0 Å². The second-order valence-electron chi connectivity index (χ2n) is 11.5. The van der Waals surface area contributed by atoms with Crippen LogP contribution in [0.3, 0.4) is 0 Å². The molecule has 7 aliphatic carbocycles. The van der Waals surface area contributed by atoms with E-state index < -0.39 is 0 Å². The van der Waals surface area contributed by atoms with E-state index in [1.165, 1.54) is 32.1 Å². The van der Waals surface area contributed by atoms with E-state index in [0.717, 1.165) is 47.8 Å². The number of fused-ring (bicyclic) bond motifs is 6. The van der Waals surface area contributed by atoms with Crippen molar-refractivity contribution >= 4 is 5.78 Å². The Balaban J connectivity index is 1.33. The van der Waals surface area contributed by atoms with Crippen LogP contribution in [0, 0.1) is 64.1 Å². The van der Waals surface area contributed by atoms with Gasteiger partial charge in [-0.05, 0) is 97.4 Å². The first-order valence-corrected chi connectivity index (χ1v) is 11.6. The van der Waals surface area contributed by atoms with E-state index in [2.05, 4.69) is 26.0 Å². The first kappa shape index (κ1) is 16.0. The maximum atomic E-state index is 12.7. The Bertz CT molecular complexity index is 809. The Hall–Kier alpha value is -0.890. The van der Waals surface area contributed by atoms with Crippen LogP contribution in [0.5, 0.6) is 0 Å². The zero-order valence-electron chi connectivity index (χ0n) is 16.6. The number of ketones is 1. The van der Waals surface area contributed by atoms with Gasteiger partial charge in [0, 0.05) is 11.3 Å². The molecule has 0 saturated heterocycles. The van der Waals surface area contributed by atoms with Gasteiger partial charge in [0.15, 0.2) is 5.78 Å². The van der Waals surface area contributed by atoms with Crippen molar-refractivity contribution in [2.24, 2.45) is 64.1 Å². The molecule has 2 nitrogen and oxygen atoms in total. The number of carbonyl (C=O) groups is 1. The Morgan fingerprint density at radius 2 is 2.00 bits per heavy atom. The van der Waals surface area contributed by atoms with Crippen molar-refractivity contribution < 1.29 is 9.90 Å². The number of aliphatic hydroxyl groups is 1. The fourth-order valence-electron chi connectivity index (χ4n) is 10.8. The predicted molar refractivity (Wildman–Crippen MR) is 104 cm³/mol. The topological polar surface area (TPSA) is 37.3 Å². The summed E-state index contributed by atoms with van der Waals surface area (Å²) in [4.78, 5) is 12.7. The van der Waals surface area contributed by atoms with Crippen molar-refractivity contribution in [3.63, 3.8) is 0 Å². The van der Waals surface area contributed by atoms with Gasteiger partial charge in [-0.1, -0.05) is 31.6 Å². The summed E-state index contributed by atoms with van der Waals surface area (Å²) in [5, 5.41) is 10.2. The van der Waals surface area contributed by atoms with E-state index in [-0.39, 0.29) is 11.5 Å². The second-order valence-corrected chi connectivity index (χ2v) is 11.5. The van der Waals surface area contributed by atoms with E-state index in [4.69, 9.17) is 0 Å². The first-order valence-electron chi connectivity index (χ1n) is 11.6. The number of allylic oxidation sites excluding steroid dienone is 3. The second kappa shape index (κ2) is 4.64. The average Bonchev–Trinajstić information content (AvgIpc) is 3.33. The van der Waals surface area contributed by atoms with E-state index in [1.54, 1.807) is 5.57 Å². The summed E-state index contributed by atoms with van der Waals surface area (Å²) >= 11 is 0. The highest BCUT2D eigenvalue weighted by molar-refractivity contribution is 5.97. The standard InChI is InChI=1S/C25H32O2/c1-12-9-14-10-15(26)3-4-16(14)17-5-7-24-13(2)22-20(27)6-8-25(22,24)19-11-18(19)23(24)21(12)17/h6,8,10,12-13,15-19,21-23,26H,3-5,7,9,11H2,1-2H3/t12?,13?,15?,16?,17?,18?,19?,21?,22-,23?,24?,25?/m0/s1. The minimum absolute atomic E-state index is 0.195. The van der Waals surface area contributed by atoms with Gasteiger partial charge < -0.3 is 5.11 Å². The maximum absolute atomic E-state index is 12.7. The van der Waals surface area contributed by atoms with Gasteiger partial charge in [0.1, 0.15) is 0 Å². The minimum Gasteiger partial charge on any atom is -0.389 e. The van der Waals surface area contributed by atoms with Crippen LogP contribution in [-0.2, 0) is 4.79 Å². The van der Waals surface area contributed by atoms with Crippen molar-refractivity contribution in [2.45, 2.75) is 58.5 Å². The molecule has 11 unspecified atom stereocenters. The monoisotopic (exact) mass is 364 g/mol. The minimum atomic E-state index is -0.195. The number of carbonyl (C=O) groups excluding carboxylic acids is 1. The lowest BCUT2D eigenvalue weighted by molar-refractivity contribution is -0.226. The zero-order valence-corrected chi connectivity index (χ0v) is 16.6. The van der Waals surface area contributed by atoms with Crippen molar-refractivity contribution in [2.75, 3.05) is 0 Å². The summed E-state index contributed by atoms with van der Waals surface area (Å²) in [6, 6.07) is 0. The number of rotatable bonds is 0. The quantitative estimate of drug-likeness (QED) is 0.647. The summed E-state index contributed by atoms with van der Waals surface area (Å²) in [5.74, 6) is 7.15. The van der Waals surface area contributed by atoms with Gasteiger partial charge in [0.05, 0.1) is 6.10 Å². The van der Waals surface area contributed by atoms with Crippen LogP contribution < -0.4 is 0 Å².